The summed E-state index contributed by atoms with van der Waals surface area (Å²) < 4.78 is 11.0. The van der Waals surface area contributed by atoms with Crippen molar-refractivity contribution >= 4 is 65.6 Å². The zero-order valence-corrected chi connectivity index (χ0v) is 28.2. The zero-order chi connectivity index (χ0) is 34.3. The molecule has 0 amide bonds. The van der Waals surface area contributed by atoms with Crippen molar-refractivity contribution in [3.63, 3.8) is 0 Å². The number of aryl methyl sites for hydroxylation is 1. The van der Waals surface area contributed by atoms with E-state index in [9.17, 15) is 0 Å². The van der Waals surface area contributed by atoms with Crippen LogP contribution in [0.5, 0.6) is 0 Å². The van der Waals surface area contributed by atoms with Crippen molar-refractivity contribution in [2.24, 2.45) is 0 Å². The van der Waals surface area contributed by atoms with Crippen LogP contribution >= 0.6 is 0 Å². The molecule has 0 unspecified atom stereocenters. The molecule has 4 aromatic heterocycles. The Morgan fingerprint density at radius 3 is 1.65 bits per heavy atom. The van der Waals surface area contributed by atoms with Crippen LogP contribution in [0.25, 0.3) is 100.0 Å². The smallest absolute Gasteiger partial charge is 0.238 e. The van der Waals surface area contributed by atoms with Gasteiger partial charge in [-0.3, -0.25) is 4.57 Å². The highest BCUT2D eigenvalue weighted by atomic mass is 16.3. The van der Waals surface area contributed by atoms with Gasteiger partial charge in [0.2, 0.25) is 5.95 Å². The lowest BCUT2D eigenvalue weighted by Crippen LogP contribution is -2.06. The fraction of sp³-hybridized carbons (Fsp3) is 0.0217. The summed E-state index contributed by atoms with van der Waals surface area (Å²) in [5.74, 6) is 1.79. The van der Waals surface area contributed by atoms with Gasteiger partial charge in [0.05, 0.1) is 27.8 Å². The van der Waals surface area contributed by atoms with Crippen molar-refractivity contribution < 1.29 is 4.42 Å². The predicted octanol–water partition coefficient (Wildman–Crippen LogP) is 11.6. The van der Waals surface area contributed by atoms with E-state index >= 15 is 0 Å². The Bertz CT molecular complexity index is 3150. The normalized spacial score (nSPS) is 11.9. The van der Waals surface area contributed by atoms with Crippen molar-refractivity contribution in [3.8, 4) is 34.4 Å². The predicted molar refractivity (Wildman–Crippen MR) is 211 cm³/mol. The van der Waals surface area contributed by atoms with Crippen molar-refractivity contribution in [3.05, 3.63) is 163 Å². The molecule has 0 aliphatic rings. The summed E-state index contributed by atoms with van der Waals surface area (Å²) in [6, 6.07) is 54.9. The number of fused-ring (bicyclic) bond motifs is 9. The van der Waals surface area contributed by atoms with E-state index in [1.165, 1.54) is 10.9 Å². The third kappa shape index (κ3) is 4.21. The summed E-state index contributed by atoms with van der Waals surface area (Å²) in [7, 11) is 0. The van der Waals surface area contributed by atoms with Gasteiger partial charge < -0.3 is 8.98 Å². The maximum atomic E-state index is 6.56. The molecule has 0 fully saturated rings. The van der Waals surface area contributed by atoms with Gasteiger partial charge >= 0.3 is 0 Å². The molecular formula is C46H29N5O. The highest BCUT2D eigenvalue weighted by Gasteiger charge is 2.21. The summed E-state index contributed by atoms with van der Waals surface area (Å²) in [4.78, 5) is 15.5. The summed E-state index contributed by atoms with van der Waals surface area (Å²) >= 11 is 0. The maximum absolute atomic E-state index is 6.56. The molecule has 11 aromatic rings. The van der Waals surface area contributed by atoms with Crippen LogP contribution in [0.15, 0.2) is 162 Å². The molecule has 7 aromatic carbocycles. The highest BCUT2D eigenvalue weighted by Crippen LogP contribution is 2.39. The van der Waals surface area contributed by atoms with Crippen LogP contribution in [-0.4, -0.2) is 24.1 Å². The zero-order valence-electron chi connectivity index (χ0n) is 28.2. The molecule has 52 heavy (non-hydrogen) atoms. The van der Waals surface area contributed by atoms with E-state index in [0.717, 1.165) is 77.0 Å². The first-order chi connectivity index (χ1) is 25.7. The van der Waals surface area contributed by atoms with Gasteiger partial charge in [-0.25, -0.2) is 4.98 Å². The van der Waals surface area contributed by atoms with E-state index in [-0.39, 0.29) is 0 Å². The first kappa shape index (κ1) is 28.8. The third-order valence-corrected chi connectivity index (χ3v) is 10.3. The van der Waals surface area contributed by atoms with Crippen LogP contribution in [0.4, 0.5) is 0 Å². The Hall–Kier alpha value is -7.05. The largest absolute Gasteiger partial charge is 0.454 e. The van der Waals surface area contributed by atoms with Gasteiger partial charge in [-0.05, 0) is 43.3 Å². The Labute approximate surface area is 297 Å². The first-order valence-corrected chi connectivity index (χ1v) is 17.5. The van der Waals surface area contributed by atoms with Crippen LogP contribution in [0.3, 0.4) is 0 Å². The molecule has 6 nitrogen and oxygen atoms in total. The van der Waals surface area contributed by atoms with Crippen LogP contribution in [0.1, 0.15) is 5.56 Å². The summed E-state index contributed by atoms with van der Waals surface area (Å²) in [6.07, 6.45) is 0. The van der Waals surface area contributed by atoms with Gasteiger partial charge in [-0.1, -0.05) is 127 Å². The van der Waals surface area contributed by atoms with E-state index in [0.29, 0.717) is 17.6 Å². The average molecular weight is 668 g/mol. The average Bonchev–Trinajstić information content (AvgIpc) is 3.86. The lowest BCUT2D eigenvalue weighted by atomic mass is 10.1. The fourth-order valence-electron chi connectivity index (χ4n) is 7.84. The Kier molecular flexibility index (Phi) is 6.07. The number of rotatable bonds is 4. The molecule has 0 bridgehead atoms. The monoisotopic (exact) mass is 667 g/mol. The third-order valence-electron chi connectivity index (χ3n) is 10.3. The van der Waals surface area contributed by atoms with Gasteiger partial charge in [0.15, 0.2) is 17.2 Å². The number of nitrogens with zero attached hydrogens (tertiary/aromatic N) is 5. The van der Waals surface area contributed by atoms with Crippen LogP contribution in [0, 0.1) is 6.92 Å². The number of aromatic nitrogens is 5. The van der Waals surface area contributed by atoms with E-state index in [4.69, 9.17) is 19.4 Å². The molecule has 0 radical (unpaired) electrons. The lowest BCUT2D eigenvalue weighted by Gasteiger charge is -2.12. The quantitative estimate of drug-likeness (QED) is 0.187. The van der Waals surface area contributed by atoms with Gasteiger partial charge in [-0.2, -0.15) is 9.97 Å². The second-order valence-corrected chi connectivity index (χ2v) is 13.4. The van der Waals surface area contributed by atoms with Crippen molar-refractivity contribution in [1.29, 1.82) is 0 Å². The molecular weight excluding hydrogens is 639 g/mol. The van der Waals surface area contributed by atoms with Gasteiger partial charge in [0.25, 0.3) is 0 Å². The number of furan rings is 1. The van der Waals surface area contributed by atoms with Crippen LogP contribution in [0.2, 0.25) is 0 Å². The van der Waals surface area contributed by atoms with Crippen molar-refractivity contribution in [2.45, 2.75) is 6.92 Å². The van der Waals surface area contributed by atoms with Gasteiger partial charge in [0, 0.05) is 43.4 Å². The molecule has 0 aliphatic carbocycles. The first-order valence-electron chi connectivity index (χ1n) is 17.5. The van der Waals surface area contributed by atoms with E-state index in [1.807, 2.05) is 12.1 Å². The minimum Gasteiger partial charge on any atom is -0.454 e. The number of benzene rings is 7. The van der Waals surface area contributed by atoms with E-state index < -0.39 is 0 Å². The summed E-state index contributed by atoms with van der Waals surface area (Å²) in [5.41, 5.74) is 9.96. The standard InChI is InChI=1S/C46H29N5O/c1-28-21-23-29(24-22-28)44-47-45(49-46(48-44)51-38-17-7-3-11-31(38)32-12-4-8-18-39(32)51)30-25-26-34-33-13-2-6-16-37(33)50(41(34)27-30)40-19-10-15-36-35-14-5-9-20-42(35)52-43(36)40/h2-27H,1H3. The molecule has 0 atom stereocenters. The van der Waals surface area contributed by atoms with Crippen LogP contribution in [-0.2, 0) is 0 Å². The minimum atomic E-state index is 0.575. The molecule has 244 valence electrons. The Balaban J connectivity index is 1.19. The van der Waals surface area contributed by atoms with Gasteiger partial charge in [-0.15, -0.1) is 0 Å². The topological polar surface area (TPSA) is 61.7 Å². The van der Waals surface area contributed by atoms with Crippen molar-refractivity contribution in [1.82, 2.24) is 24.1 Å². The molecule has 0 aliphatic heterocycles. The maximum Gasteiger partial charge on any atom is 0.238 e. The lowest BCUT2D eigenvalue weighted by molar-refractivity contribution is 0.666. The van der Waals surface area contributed by atoms with Crippen LogP contribution < -0.4 is 0 Å². The van der Waals surface area contributed by atoms with Gasteiger partial charge in [0.1, 0.15) is 5.58 Å². The molecule has 0 saturated carbocycles. The summed E-state index contributed by atoms with van der Waals surface area (Å²) in [5, 5.41) is 6.81. The summed E-state index contributed by atoms with van der Waals surface area (Å²) in [6.45, 7) is 2.09. The molecule has 11 rings (SSSR count). The molecule has 4 heterocycles. The molecule has 0 saturated heterocycles. The SMILES string of the molecule is Cc1ccc(-c2nc(-c3ccc4c5ccccc5n(-c5cccc6c5oc5ccccc56)c4c3)nc(-n3c4ccccc4c4ccccc43)n2)cc1. The fourth-order valence-corrected chi connectivity index (χ4v) is 7.84. The minimum absolute atomic E-state index is 0.575. The number of hydrogen-bond acceptors (Lipinski definition) is 4. The van der Waals surface area contributed by atoms with E-state index in [2.05, 4.69) is 162 Å². The second-order valence-electron chi connectivity index (χ2n) is 13.4. The Morgan fingerprint density at radius 2 is 0.962 bits per heavy atom. The number of para-hydroxylation sites is 5. The second kappa shape index (κ2) is 11.0. The van der Waals surface area contributed by atoms with E-state index in [1.54, 1.807) is 0 Å². The Morgan fingerprint density at radius 1 is 0.423 bits per heavy atom. The number of hydrogen-bond donors (Lipinski definition) is 0. The highest BCUT2D eigenvalue weighted by molar-refractivity contribution is 6.13. The molecule has 0 spiro atoms. The van der Waals surface area contributed by atoms with Crippen molar-refractivity contribution in [2.75, 3.05) is 0 Å². The molecule has 6 heteroatoms. The molecule has 0 N–H and O–H groups in total.